The molecule has 0 aromatic rings. The molecule has 0 bridgehead atoms. The summed E-state index contributed by atoms with van der Waals surface area (Å²) in [6.07, 6.45) is 1.61. The quantitative estimate of drug-likeness (QED) is 0.720. The van der Waals surface area contributed by atoms with Crippen molar-refractivity contribution >= 4 is 5.91 Å². The van der Waals surface area contributed by atoms with E-state index < -0.39 is 0 Å². The molecule has 1 fully saturated rings. The molecule has 1 atom stereocenters. The smallest absolute Gasteiger partial charge is 0.225 e. The molecule has 1 saturated heterocycles. The summed E-state index contributed by atoms with van der Waals surface area (Å²) in [6, 6.07) is 2.35. The molecule has 1 heterocycles. The van der Waals surface area contributed by atoms with Crippen molar-refractivity contribution in [2.45, 2.75) is 40.5 Å². The molecular weight excluding hydrogens is 200 g/mol. The van der Waals surface area contributed by atoms with Crippen LogP contribution in [-0.4, -0.2) is 23.9 Å². The average Bonchev–Trinajstić information content (AvgIpc) is 2.28. The molecule has 1 aliphatic heterocycles. The molecule has 0 aromatic carbocycles. The van der Waals surface area contributed by atoms with Gasteiger partial charge in [-0.15, -0.1) is 0 Å². The van der Waals surface area contributed by atoms with Crippen molar-refractivity contribution in [1.29, 1.82) is 5.26 Å². The van der Waals surface area contributed by atoms with Gasteiger partial charge in [-0.1, -0.05) is 20.8 Å². The Morgan fingerprint density at radius 2 is 1.81 bits per heavy atom. The third-order valence-corrected chi connectivity index (χ3v) is 3.84. The molecule has 16 heavy (non-hydrogen) atoms. The lowest BCUT2D eigenvalue weighted by Crippen LogP contribution is -2.44. The van der Waals surface area contributed by atoms with E-state index >= 15 is 0 Å². The Labute approximate surface area is 98.4 Å². The minimum Gasteiger partial charge on any atom is -0.342 e. The van der Waals surface area contributed by atoms with Gasteiger partial charge in [0.15, 0.2) is 0 Å². The molecule has 3 nitrogen and oxygen atoms in total. The van der Waals surface area contributed by atoms with Gasteiger partial charge in [-0.25, -0.2) is 0 Å². The number of piperidine rings is 1. The molecule has 1 aliphatic rings. The molecule has 0 aliphatic carbocycles. The SMILES string of the molecule is CC(C)C(C)C(=O)N1CCC(C)(C#N)CC1. The number of carbonyl (C=O) groups excluding carboxylic acids is 1. The van der Waals surface area contributed by atoms with Crippen molar-refractivity contribution in [3.05, 3.63) is 0 Å². The van der Waals surface area contributed by atoms with Crippen LogP contribution in [0.25, 0.3) is 0 Å². The van der Waals surface area contributed by atoms with Gasteiger partial charge in [-0.2, -0.15) is 5.26 Å². The summed E-state index contributed by atoms with van der Waals surface area (Å²) in [5.41, 5.74) is -0.224. The van der Waals surface area contributed by atoms with Crippen LogP contribution in [0.4, 0.5) is 0 Å². The first kappa shape index (κ1) is 13.0. The van der Waals surface area contributed by atoms with Gasteiger partial charge < -0.3 is 4.90 Å². The molecular formula is C13H22N2O. The van der Waals surface area contributed by atoms with E-state index in [1.54, 1.807) is 0 Å². The largest absolute Gasteiger partial charge is 0.342 e. The summed E-state index contributed by atoms with van der Waals surface area (Å²) in [5.74, 6) is 0.721. The maximum atomic E-state index is 12.1. The molecule has 1 unspecified atom stereocenters. The Hall–Kier alpha value is -1.04. The normalized spacial score (nSPS) is 21.6. The van der Waals surface area contributed by atoms with Gasteiger partial charge in [-0.05, 0) is 25.7 Å². The minimum atomic E-state index is -0.224. The fraction of sp³-hybridized carbons (Fsp3) is 0.846. The standard InChI is InChI=1S/C13H22N2O/c1-10(2)11(3)12(16)15-7-5-13(4,9-14)6-8-15/h10-11H,5-8H2,1-4H3. The lowest BCUT2D eigenvalue weighted by atomic mass is 9.81. The second-order valence-corrected chi connectivity index (χ2v) is 5.53. The van der Waals surface area contributed by atoms with E-state index in [4.69, 9.17) is 5.26 Å². The Kier molecular flexibility index (Phi) is 3.96. The van der Waals surface area contributed by atoms with E-state index in [2.05, 4.69) is 19.9 Å². The van der Waals surface area contributed by atoms with Crippen molar-refractivity contribution in [2.75, 3.05) is 13.1 Å². The molecule has 1 amide bonds. The van der Waals surface area contributed by atoms with Gasteiger partial charge in [0.25, 0.3) is 0 Å². The van der Waals surface area contributed by atoms with Gasteiger partial charge in [0.1, 0.15) is 0 Å². The summed E-state index contributed by atoms with van der Waals surface area (Å²) >= 11 is 0. The number of hydrogen-bond donors (Lipinski definition) is 0. The van der Waals surface area contributed by atoms with Crippen molar-refractivity contribution in [1.82, 2.24) is 4.90 Å². The topological polar surface area (TPSA) is 44.1 Å². The van der Waals surface area contributed by atoms with Crippen molar-refractivity contribution in [2.24, 2.45) is 17.3 Å². The highest BCUT2D eigenvalue weighted by molar-refractivity contribution is 5.78. The zero-order valence-corrected chi connectivity index (χ0v) is 10.8. The predicted octanol–water partition coefficient (Wildman–Crippen LogP) is 2.43. The van der Waals surface area contributed by atoms with Gasteiger partial charge >= 0.3 is 0 Å². The van der Waals surface area contributed by atoms with E-state index in [-0.39, 0.29) is 17.2 Å². The van der Waals surface area contributed by atoms with Crippen LogP contribution in [0.3, 0.4) is 0 Å². The highest BCUT2D eigenvalue weighted by Crippen LogP contribution is 2.30. The second kappa shape index (κ2) is 4.86. The highest BCUT2D eigenvalue weighted by Gasteiger charge is 2.33. The van der Waals surface area contributed by atoms with Crippen LogP contribution in [0.5, 0.6) is 0 Å². The highest BCUT2D eigenvalue weighted by atomic mass is 16.2. The predicted molar refractivity (Wildman–Crippen MR) is 63.5 cm³/mol. The number of carbonyl (C=O) groups is 1. The van der Waals surface area contributed by atoms with Crippen molar-refractivity contribution in [3.8, 4) is 6.07 Å². The van der Waals surface area contributed by atoms with Crippen molar-refractivity contribution < 1.29 is 4.79 Å². The Morgan fingerprint density at radius 1 is 1.31 bits per heavy atom. The number of likely N-dealkylation sites (tertiary alicyclic amines) is 1. The fourth-order valence-electron chi connectivity index (χ4n) is 1.91. The van der Waals surface area contributed by atoms with Crippen LogP contribution in [0.15, 0.2) is 0 Å². The number of hydrogen-bond acceptors (Lipinski definition) is 2. The van der Waals surface area contributed by atoms with E-state index in [1.807, 2.05) is 18.7 Å². The monoisotopic (exact) mass is 222 g/mol. The van der Waals surface area contributed by atoms with Crippen LogP contribution in [0.2, 0.25) is 0 Å². The van der Waals surface area contributed by atoms with E-state index in [1.165, 1.54) is 0 Å². The zero-order valence-electron chi connectivity index (χ0n) is 10.8. The molecule has 0 radical (unpaired) electrons. The van der Waals surface area contributed by atoms with Crippen LogP contribution in [-0.2, 0) is 4.79 Å². The van der Waals surface area contributed by atoms with Crippen molar-refractivity contribution in [3.63, 3.8) is 0 Å². The first-order valence-electron chi connectivity index (χ1n) is 6.09. The second-order valence-electron chi connectivity index (χ2n) is 5.53. The van der Waals surface area contributed by atoms with Crippen LogP contribution >= 0.6 is 0 Å². The minimum absolute atomic E-state index is 0.0893. The van der Waals surface area contributed by atoms with Crippen LogP contribution < -0.4 is 0 Å². The number of amides is 1. The number of nitrogens with zero attached hydrogens (tertiary/aromatic N) is 2. The maximum Gasteiger partial charge on any atom is 0.225 e. The summed E-state index contributed by atoms with van der Waals surface area (Å²) < 4.78 is 0. The lowest BCUT2D eigenvalue weighted by molar-refractivity contribution is -0.138. The van der Waals surface area contributed by atoms with Gasteiger partial charge in [0, 0.05) is 19.0 Å². The first-order valence-corrected chi connectivity index (χ1v) is 6.09. The van der Waals surface area contributed by atoms with Gasteiger partial charge in [-0.3, -0.25) is 4.79 Å². The molecule has 0 N–H and O–H groups in total. The van der Waals surface area contributed by atoms with Gasteiger partial charge in [0.05, 0.1) is 11.5 Å². The van der Waals surface area contributed by atoms with Crippen LogP contribution in [0.1, 0.15) is 40.5 Å². The summed E-state index contributed by atoms with van der Waals surface area (Å²) in [7, 11) is 0. The Bertz CT molecular complexity index is 296. The molecule has 3 heteroatoms. The first-order chi connectivity index (χ1) is 7.39. The fourth-order valence-corrected chi connectivity index (χ4v) is 1.91. The van der Waals surface area contributed by atoms with E-state index in [9.17, 15) is 4.79 Å². The lowest BCUT2D eigenvalue weighted by Gasteiger charge is -2.36. The zero-order chi connectivity index (χ0) is 12.3. The van der Waals surface area contributed by atoms with E-state index in [0.717, 1.165) is 25.9 Å². The third kappa shape index (κ3) is 2.75. The third-order valence-electron chi connectivity index (χ3n) is 3.84. The Balaban J connectivity index is 2.55. The van der Waals surface area contributed by atoms with Gasteiger partial charge in [0.2, 0.25) is 5.91 Å². The molecule has 0 spiro atoms. The summed E-state index contributed by atoms with van der Waals surface area (Å²) in [4.78, 5) is 14.0. The molecule has 90 valence electrons. The number of rotatable bonds is 2. The maximum absolute atomic E-state index is 12.1. The van der Waals surface area contributed by atoms with E-state index in [0.29, 0.717) is 5.92 Å². The average molecular weight is 222 g/mol. The molecule has 0 aromatic heterocycles. The Morgan fingerprint density at radius 3 is 2.19 bits per heavy atom. The summed E-state index contributed by atoms with van der Waals surface area (Å²) in [5, 5.41) is 9.02. The molecule has 0 saturated carbocycles. The summed E-state index contributed by atoms with van der Waals surface area (Å²) in [6.45, 7) is 9.60. The molecule has 1 rings (SSSR count). The van der Waals surface area contributed by atoms with Crippen LogP contribution in [0, 0.1) is 28.6 Å². The number of nitriles is 1.